The second-order valence-electron chi connectivity index (χ2n) is 6.14. The second-order valence-corrected chi connectivity index (χ2v) is 6.14. The lowest BCUT2D eigenvalue weighted by Gasteiger charge is -2.28. The molecular formula is C18H25N3O. The average Bonchev–Trinajstić information content (AvgIpc) is 2.97. The molecular weight excluding hydrogens is 274 g/mol. The van der Waals surface area contributed by atoms with Crippen LogP contribution < -0.4 is 4.74 Å². The molecule has 118 valence electrons. The molecule has 0 bridgehead atoms. The normalized spacial score (nSPS) is 17.5. The smallest absolute Gasteiger partial charge is 0.123 e. The van der Waals surface area contributed by atoms with Crippen molar-refractivity contribution in [2.24, 2.45) is 5.92 Å². The van der Waals surface area contributed by atoms with E-state index in [0.717, 1.165) is 31.8 Å². The zero-order valence-electron chi connectivity index (χ0n) is 13.5. The third kappa shape index (κ3) is 3.50. The highest BCUT2D eigenvalue weighted by atomic mass is 16.5. The van der Waals surface area contributed by atoms with Crippen LogP contribution in [0.5, 0.6) is 5.75 Å². The van der Waals surface area contributed by atoms with E-state index in [-0.39, 0.29) is 0 Å². The summed E-state index contributed by atoms with van der Waals surface area (Å²) in [5, 5.41) is 0. The number of fused-ring (bicyclic) bond motifs is 1. The summed E-state index contributed by atoms with van der Waals surface area (Å²) in [6.45, 7) is 5.88. The van der Waals surface area contributed by atoms with Crippen LogP contribution in [0.3, 0.4) is 0 Å². The van der Waals surface area contributed by atoms with Gasteiger partial charge in [-0.1, -0.05) is 18.2 Å². The van der Waals surface area contributed by atoms with Crippen molar-refractivity contribution in [1.29, 1.82) is 0 Å². The van der Waals surface area contributed by atoms with Crippen molar-refractivity contribution >= 4 is 0 Å². The van der Waals surface area contributed by atoms with E-state index in [1.807, 2.05) is 19.2 Å². The van der Waals surface area contributed by atoms with Crippen molar-refractivity contribution in [1.82, 2.24) is 14.5 Å². The number of aryl methyl sites for hydroxylation is 1. The van der Waals surface area contributed by atoms with Gasteiger partial charge in [-0.05, 0) is 32.4 Å². The molecule has 0 radical (unpaired) electrons. The van der Waals surface area contributed by atoms with Crippen LogP contribution in [-0.2, 0) is 19.5 Å². The molecule has 0 N–H and O–H groups in total. The Morgan fingerprint density at radius 3 is 3.09 bits per heavy atom. The van der Waals surface area contributed by atoms with Gasteiger partial charge in [0.25, 0.3) is 0 Å². The van der Waals surface area contributed by atoms with Crippen LogP contribution in [0.15, 0.2) is 36.7 Å². The Kier molecular flexibility index (Phi) is 4.78. The Morgan fingerprint density at radius 2 is 2.23 bits per heavy atom. The summed E-state index contributed by atoms with van der Waals surface area (Å²) in [6, 6.07) is 8.35. The molecule has 1 aliphatic rings. The predicted molar refractivity (Wildman–Crippen MR) is 88.0 cm³/mol. The number of para-hydroxylation sites is 1. The largest absolute Gasteiger partial charge is 0.494 e. The maximum absolute atomic E-state index is 5.72. The molecule has 2 aromatic rings. The first-order chi connectivity index (χ1) is 10.8. The summed E-state index contributed by atoms with van der Waals surface area (Å²) >= 11 is 0. The maximum Gasteiger partial charge on any atom is 0.123 e. The number of benzene rings is 1. The molecule has 0 spiro atoms. The fraction of sp³-hybridized carbons (Fsp3) is 0.500. The number of aromatic nitrogens is 2. The summed E-state index contributed by atoms with van der Waals surface area (Å²) in [4.78, 5) is 6.81. The van der Waals surface area contributed by atoms with Crippen molar-refractivity contribution in [3.05, 3.63) is 48.0 Å². The zero-order valence-corrected chi connectivity index (χ0v) is 13.5. The maximum atomic E-state index is 5.72. The molecule has 1 aromatic carbocycles. The lowest BCUT2D eigenvalue weighted by atomic mass is 9.98. The van der Waals surface area contributed by atoms with Gasteiger partial charge in [-0.3, -0.25) is 0 Å². The van der Waals surface area contributed by atoms with Crippen molar-refractivity contribution in [2.75, 3.05) is 20.2 Å². The Bertz CT molecular complexity index is 608. The van der Waals surface area contributed by atoms with Crippen LogP contribution in [0, 0.1) is 5.92 Å². The van der Waals surface area contributed by atoms with E-state index in [0.29, 0.717) is 12.5 Å². The highest BCUT2D eigenvalue weighted by Crippen LogP contribution is 2.22. The first-order valence-corrected chi connectivity index (χ1v) is 8.15. The fourth-order valence-electron chi connectivity index (χ4n) is 3.31. The first kappa shape index (κ1) is 15.1. The molecule has 0 fully saturated rings. The van der Waals surface area contributed by atoms with Crippen molar-refractivity contribution < 1.29 is 4.74 Å². The van der Waals surface area contributed by atoms with Gasteiger partial charge in [0.1, 0.15) is 11.6 Å². The van der Waals surface area contributed by atoms with E-state index in [4.69, 9.17) is 4.74 Å². The van der Waals surface area contributed by atoms with Crippen molar-refractivity contribution in [3.8, 4) is 5.75 Å². The van der Waals surface area contributed by atoms with Crippen LogP contribution >= 0.6 is 0 Å². The van der Waals surface area contributed by atoms with Crippen LogP contribution in [0.2, 0.25) is 0 Å². The number of ether oxygens (including phenoxy) is 1. The number of hydrogen-bond acceptors (Lipinski definition) is 3. The summed E-state index contributed by atoms with van der Waals surface area (Å²) in [7, 11) is 2.20. The molecule has 0 saturated heterocycles. The van der Waals surface area contributed by atoms with E-state index in [1.165, 1.54) is 17.8 Å². The topological polar surface area (TPSA) is 30.3 Å². The van der Waals surface area contributed by atoms with Crippen molar-refractivity contribution in [3.63, 3.8) is 0 Å². The minimum Gasteiger partial charge on any atom is -0.494 e. The summed E-state index contributed by atoms with van der Waals surface area (Å²) in [6.07, 6.45) is 6.35. The fourth-order valence-corrected chi connectivity index (χ4v) is 3.31. The zero-order chi connectivity index (χ0) is 15.4. The molecule has 0 unspecified atom stereocenters. The second kappa shape index (κ2) is 6.97. The molecule has 3 rings (SSSR count). The van der Waals surface area contributed by atoms with E-state index in [1.54, 1.807) is 0 Å². The molecule has 2 heterocycles. The van der Waals surface area contributed by atoms with Crippen LogP contribution in [0.4, 0.5) is 0 Å². The quantitative estimate of drug-likeness (QED) is 0.821. The molecule has 1 aromatic heterocycles. The van der Waals surface area contributed by atoms with Gasteiger partial charge in [-0.25, -0.2) is 4.98 Å². The Morgan fingerprint density at radius 1 is 1.36 bits per heavy atom. The summed E-state index contributed by atoms with van der Waals surface area (Å²) in [5.41, 5.74) is 1.27. The van der Waals surface area contributed by atoms with Gasteiger partial charge >= 0.3 is 0 Å². The summed E-state index contributed by atoms with van der Waals surface area (Å²) < 4.78 is 8.03. The van der Waals surface area contributed by atoms with Gasteiger partial charge in [0.2, 0.25) is 0 Å². The average molecular weight is 299 g/mol. The first-order valence-electron chi connectivity index (χ1n) is 8.15. The van der Waals surface area contributed by atoms with Crippen LogP contribution in [-0.4, -0.2) is 34.7 Å². The molecule has 22 heavy (non-hydrogen) atoms. The monoisotopic (exact) mass is 299 g/mol. The Labute approximate surface area is 132 Å². The van der Waals surface area contributed by atoms with Gasteiger partial charge in [0, 0.05) is 44.0 Å². The highest BCUT2D eigenvalue weighted by Gasteiger charge is 2.20. The highest BCUT2D eigenvalue weighted by molar-refractivity contribution is 5.33. The van der Waals surface area contributed by atoms with Crippen LogP contribution in [0.1, 0.15) is 24.7 Å². The molecule has 0 saturated carbocycles. The molecule has 1 atom stereocenters. The third-order valence-electron chi connectivity index (χ3n) is 4.32. The molecule has 1 aliphatic heterocycles. The molecule has 4 heteroatoms. The lowest BCUT2D eigenvalue weighted by Crippen LogP contribution is -2.31. The number of imidazole rings is 1. The minimum atomic E-state index is 0.700. The Hall–Kier alpha value is -1.81. The standard InChI is InChI=1S/C18H25N3O/c1-3-22-17-7-5-4-6-16(17)14-20(2)12-15-8-9-18-19-10-11-21(18)13-15/h4-7,10-11,15H,3,8-9,12-14H2,1-2H3/t15-/m1/s1. The minimum absolute atomic E-state index is 0.700. The van der Waals surface area contributed by atoms with E-state index in [2.05, 4.69) is 45.9 Å². The molecule has 4 nitrogen and oxygen atoms in total. The SMILES string of the molecule is CCOc1ccccc1CN(C)C[C@H]1CCc2nccn2C1. The van der Waals surface area contributed by atoms with E-state index >= 15 is 0 Å². The predicted octanol–water partition coefficient (Wildman–Crippen LogP) is 2.98. The van der Waals surface area contributed by atoms with Crippen LogP contribution in [0.25, 0.3) is 0 Å². The molecule has 0 aliphatic carbocycles. The lowest BCUT2D eigenvalue weighted by molar-refractivity contribution is 0.225. The van der Waals surface area contributed by atoms with E-state index < -0.39 is 0 Å². The van der Waals surface area contributed by atoms with E-state index in [9.17, 15) is 0 Å². The van der Waals surface area contributed by atoms with Crippen molar-refractivity contribution in [2.45, 2.75) is 32.9 Å². The van der Waals surface area contributed by atoms with Gasteiger partial charge < -0.3 is 14.2 Å². The van der Waals surface area contributed by atoms with Gasteiger partial charge in [0.05, 0.1) is 6.61 Å². The number of hydrogen-bond donors (Lipinski definition) is 0. The number of rotatable bonds is 6. The number of nitrogens with zero attached hydrogens (tertiary/aromatic N) is 3. The van der Waals surface area contributed by atoms with Gasteiger partial charge in [-0.15, -0.1) is 0 Å². The Balaban J connectivity index is 1.58. The van der Waals surface area contributed by atoms with Gasteiger partial charge in [0.15, 0.2) is 0 Å². The summed E-state index contributed by atoms with van der Waals surface area (Å²) in [5.74, 6) is 2.95. The van der Waals surface area contributed by atoms with Gasteiger partial charge in [-0.2, -0.15) is 0 Å². The molecule has 0 amide bonds. The third-order valence-corrected chi connectivity index (χ3v) is 4.32.